The van der Waals surface area contributed by atoms with Gasteiger partial charge < -0.3 is 5.32 Å². The fraction of sp³-hybridized carbons (Fsp3) is 0.111. The number of carbonyl (C=O) groups excluding carboxylic acids is 2. The van der Waals surface area contributed by atoms with Crippen molar-refractivity contribution in [1.82, 2.24) is 5.32 Å². The molecule has 0 spiro atoms. The molecule has 112 valence electrons. The molecule has 2 aromatic rings. The monoisotopic (exact) mass is 357 g/mol. The van der Waals surface area contributed by atoms with Gasteiger partial charge in [-0.15, -0.1) is 0 Å². The number of nitrogens with one attached hydrogen (secondary N) is 1. The number of benzene rings is 2. The first kappa shape index (κ1) is 16.2. The molecule has 4 heteroatoms. The Morgan fingerprint density at radius 1 is 1.09 bits per heavy atom. The molecule has 0 aliphatic carbocycles. The second kappa shape index (κ2) is 7.71. The quantitative estimate of drug-likeness (QED) is 0.625. The van der Waals surface area contributed by atoms with E-state index in [1.807, 2.05) is 42.5 Å². The predicted octanol–water partition coefficient (Wildman–Crippen LogP) is 4.07. The van der Waals surface area contributed by atoms with Gasteiger partial charge in [0.25, 0.3) is 0 Å². The van der Waals surface area contributed by atoms with Gasteiger partial charge in [-0.05, 0) is 17.7 Å². The molecule has 1 atom stereocenters. The van der Waals surface area contributed by atoms with Crippen molar-refractivity contribution >= 4 is 27.6 Å². The first-order valence-corrected chi connectivity index (χ1v) is 7.66. The van der Waals surface area contributed by atoms with E-state index in [9.17, 15) is 9.59 Å². The third-order valence-electron chi connectivity index (χ3n) is 3.27. The summed E-state index contributed by atoms with van der Waals surface area (Å²) in [6, 6.07) is 16.2. The predicted molar refractivity (Wildman–Crippen MR) is 90.6 cm³/mol. The van der Waals surface area contributed by atoms with Crippen molar-refractivity contribution in [2.24, 2.45) is 0 Å². The Morgan fingerprint density at radius 3 is 2.36 bits per heavy atom. The number of amides is 1. The van der Waals surface area contributed by atoms with Gasteiger partial charge in [0.05, 0.1) is 6.04 Å². The van der Waals surface area contributed by atoms with Gasteiger partial charge in [-0.3, -0.25) is 9.59 Å². The molecule has 0 fully saturated rings. The van der Waals surface area contributed by atoms with Gasteiger partial charge in [0.2, 0.25) is 5.91 Å². The van der Waals surface area contributed by atoms with Crippen LogP contribution in [0, 0.1) is 0 Å². The molecule has 22 heavy (non-hydrogen) atoms. The summed E-state index contributed by atoms with van der Waals surface area (Å²) in [4.78, 5) is 24.1. The summed E-state index contributed by atoms with van der Waals surface area (Å²) in [5.41, 5.74) is 1.49. The minimum atomic E-state index is -0.409. The summed E-state index contributed by atoms with van der Waals surface area (Å²) in [7, 11) is 0. The van der Waals surface area contributed by atoms with Crippen molar-refractivity contribution in [3.8, 4) is 0 Å². The van der Waals surface area contributed by atoms with Crippen LogP contribution >= 0.6 is 15.9 Å². The molecule has 0 saturated carbocycles. The summed E-state index contributed by atoms with van der Waals surface area (Å²) < 4.78 is 0.852. The number of rotatable bonds is 6. The molecule has 0 aliphatic rings. The van der Waals surface area contributed by atoms with Crippen molar-refractivity contribution in [3.05, 3.63) is 82.9 Å². The van der Waals surface area contributed by atoms with Gasteiger partial charge in [0.15, 0.2) is 5.78 Å². The summed E-state index contributed by atoms with van der Waals surface area (Å²) in [6.45, 7) is 3.46. The highest BCUT2D eigenvalue weighted by atomic mass is 79.9. The van der Waals surface area contributed by atoms with E-state index < -0.39 is 6.04 Å². The van der Waals surface area contributed by atoms with E-state index in [-0.39, 0.29) is 18.1 Å². The highest BCUT2D eigenvalue weighted by Crippen LogP contribution is 2.26. The Hall–Kier alpha value is -2.20. The summed E-state index contributed by atoms with van der Waals surface area (Å²) >= 11 is 3.47. The van der Waals surface area contributed by atoms with Gasteiger partial charge in [0, 0.05) is 16.5 Å². The lowest BCUT2D eigenvalue weighted by Crippen LogP contribution is -2.29. The average molecular weight is 358 g/mol. The SMILES string of the molecule is C=CC(=O)NC(CC(=O)c1ccccc1)c1ccccc1Br. The minimum Gasteiger partial charge on any atom is -0.345 e. The van der Waals surface area contributed by atoms with Crippen LogP contribution in [0.4, 0.5) is 0 Å². The highest BCUT2D eigenvalue weighted by Gasteiger charge is 2.20. The Labute approximate surface area is 138 Å². The van der Waals surface area contributed by atoms with E-state index >= 15 is 0 Å². The maximum absolute atomic E-state index is 12.4. The normalized spacial score (nSPS) is 11.5. The lowest BCUT2D eigenvalue weighted by molar-refractivity contribution is -0.117. The molecule has 0 aromatic heterocycles. The van der Waals surface area contributed by atoms with Gasteiger partial charge in [-0.2, -0.15) is 0 Å². The zero-order valence-corrected chi connectivity index (χ0v) is 13.5. The molecule has 2 aromatic carbocycles. The fourth-order valence-corrected chi connectivity index (χ4v) is 2.72. The van der Waals surface area contributed by atoms with E-state index in [0.29, 0.717) is 5.56 Å². The minimum absolute atomic E-state index is 0.0225. The molecule has 1 N–H and O–H groups in total. The molecular weight excluding hydrogens is 342 g/mol. The zero-order chi connectivity index (χ0) is 15.9. The number of hydrogen-bond donors (Lipinski definition) is 1. The van der Waals surface area contributed by atoms with E-state index in [2.05, 4.69) is 27.8 Å². The van der Waals surface area contributed by atoms with Crippen LogP contribution in [0.3, 0.4) is 0 Å². The number of hydrogen-bond acceptors (Lipinski definition) is 2. The summed E-state index contributed by atoms with van der Waals surface area (Å²) in [5.74, 6) is -0.327. The first-order chi connectivity index (χ1) is 10.6. The second-order valence-corrected chi connectivity index (χ2v) is 5.63. The van der Waals surface area contributed by atoms with Gasteiger partial charge in [-0.1, -0.05) is 71.0 Å². The lowest BCUT2D eigenvalue weighted by Gasteiger charge is -2.19. The summed E-state index contributed by atoms with van der Waals surface area (Å²) in [6.07, 6.45) is 1.39. The number of ketones is 1. The van der Waals surface area contributed by atoms with Crippen LogP contribution < -0.4 is 5.32 Å². The van der Waals surface area contributed by atoms with Crippen molar-refractivity contribution in [1.29, 1.82) is 0 Å². The van der Waals surface area contributed by atoms with Crippen LogP contribution in [-0.2, 0) is 4.79 Å². The molecule has 0 heterocycles. The van der Waals surface area contributed by atoms with Crippen molar-refractivity contribution < 1.29 is 9.59 Å². The molecular formula is C18H16BrNO2. The molecule has 0 bridgehead atoms. The third-order valence-corrected chi connectivity index (χ3v) is 3.99. The van der Waals surface area contributed by atoms with E-state index in [1.165, 1.54) is 6.08 Å². The van der Waals surface area contributed by atoms with E-state index in [4.69, 9.17) is 0 Å². The average Bonchev–Trinajstić information content (AvgIpc) is 2.55. The fourth-order valence-electron chi connectivity index (χ4n) is 2.15. The van der Waals surface area contributed by atoms with Crippen LogP contribution in [0.5, 0.6) is 0 Å². The number of halogens is 1. The van der Waals surface area contributed by atoms with Gasteiger partial charge >= 0.3 is 0 Å². The molecule has 0 saturated heterocycles. The Bertz CT molecular complexity index is 682. The topological polar surface area (TPSA) is 46.2 Å². The highest BCUT2D eigenvalue weighted by molar-refractivity contribution is 9.10. The molecule has 0 aliphatic heterocycles. The third kappa shape index (κ3) is 4.15. The van der Waals surface area contributed by atoms with E-state index in [0.717, 1.165) is 10.0 Å². The number of carbonyl (C=O) groups is 2. The lowest BCUT2D eigenvalue weighted by atomic mass is 9.98. The van der Waals surface area contributed by atoms with Gasteiger partial charge in [0.1, 0.15) is 0 Å². The molecule has 0 radical (unpaired) electrons. The standard InChI is InChI=1S/C18H16BrNO2/c1-2-18(22)20-16(14-10-6-7-11-15(14)19)12-17(21)13-8-4-3-5-9-13/h2-11,16H,1,12H2,(H,20,22). The van der Waals surface area contributed by atoms with Crippen molar-refractivity contribution in [2.75, 3.05) is 0 Å². The molecule has 2 rings (SSSR count). The zero-order valence-electron chi connectivity index (χ0n) is 12.0. The van der Waals surface area contributed by atoms with Crippen LogP contribution in [-0.4, -0.2) is 11.7 Å². The number of Topliss-reactive ketones (excluding diaryl/α,β-unsaturated/α-hetero) is 1. The second-order valence-electron chi connectivity index (χ2n) is 4.78. The van der Waals surface area contributed by atoms with Crippen molar-refractivity contribution in [3.63, 3.8) is 0 Å². The van der Waals surface area contributed by atoms with Crippen LogP contribution in [0.1, 0.15) is 28.4 Å². The summed E-state index contributed by atoms with van der Waals surface area (Å²) in [5, 5.41) is 2.82. The molecule has 1 unspecified atom stereocenters. The smallest absolute Gasteiger partial charge is 0.243 e. The molecule has 3 nitrogen and oxygen atoms in total. The Balaban J connectivity index is 2.25. The Morgan fingerprint density at radius 2 is 1.73 bits per heavy atom. The first-order valence-electron chi connectivity index (χ1n) is 6.87. The molecule has 1 amide bonds. The Kier molecular flexibility index (Phi) is 5.67. The van der Waals surface area contributed by atoms with Gasteiger partial charge in [-0.25, -0.2) is 0 Å². The van der Waals surface area contributed by atoms with Crippen LogP contribution in [0.25, 0.3) is 0 Å². The maximum Gasteiger partial charge on any atom is 0.243 e. The largest absolute Gasteiger partial charge is 0.345 e. The van der Waals surface area contributed by atoms with E-state index in [1.54, 1.807) is 12.1 Å². The maximum atomic E-state index is 12.4. The van der Waals surface area contributed by atoms with Crippen molar-refractivity contribution in [2.45, 2.75) is 12.5 Å². The van der Waals surface area contributed by atoms with Crippen LogP contribution in [0.15, 0.2) is 71.7 Å². The van der Waals surface area contributed by atoms with Crippen LogP contribution in [0.2, 0.25) is 0 Å².